The van der Waals surface area contributed by atoms with Gasteiger partial charge in [0.05, 0.1) is 0 Å². The molecule has 0 bridgehead atoms. The van der Waals surface area contributed by atoms with Crippen LogP contribution < -0.4 is 5.73 Å². The van der Waals surface area contributed by atoms with E-state index in [-0.39, 0.29) is 0 Å². The molecule has 2 nitrogen and oxygen atoms in total. The van der Waals surface area contributed by atoms with Crippen LogP contribution in [-0.4, -0.2) is 31.1 Å². The molecular formula is C16H34N2. The molecule has 0 spiro atoms. The summed E-state index contributed by atoms with van der Waals surface area (Å²) in [6.07, 6.45) is 5.29. The van der Waals surface area contributed by atoms with Crippen molar-refractivity contribution in [2.45, 2.75) is 60.3 Å². The monoisotopic (exact) mass is 254 g/mol. The van der Waals surface area contributed by atoms with E-state index in [1.54, 1.807) is 0 Å². The molecule has 0 aromatic heterocycles. The van der Waals surface area contributed by atoms with Crippen molar-refractivity contribution in [1.29, 1.82) is 0 Å². The minimum Gasteiger partial charge on any atom is -0.330 e. The van der Waals surface area contributed by atoms with Crippen LogP contribution >= 0.6 is 0 Å². The normalized spacial score (nSPS) is 26.7. The average molecular weight is 254 g/mol. The van der Waals surface area contributed by atoms with Gasteiger partial charge in [0.15, 0.2) is 0 Å². The molecule has 1 rings (SSSR count). The summed E-state index contributed by atoms with van der Waals surface area (Å²) in [7, 11) is 0. The highest BCUT2D eigenvalue weighted by Crippen LogP contribution is 2.35. The maximum absolute atomic E-state index is 5.94. The highest BCUT2D eigenvalue weighted by atomic mass is 15.1. The number of hydrogen-bond acceptors (Lipinski definition) is 2. The maximum atomic E-state index is 5.94. The minimum atomic E-state index is 0.307. The van der Waals surface area contributed by atoms with Gasteiger partial charge < -0.3 is 10.6 Å². The summed E-state index contributed by atoms with van der Waals surface area (Å²) < 4.78 is 0. The Bertz CT molecular complexity index is 238. The van der Waals surface area contributed by atoms with Gasteiger partial charge in [-0.15, -0.1) is 0 Å². The van der Waals surface area contributed by atoms with Crippen LogP contribution in [0.25, 0.3) is 0 Å². The number of nitrogens with zero attached hydrogens (tertiary/aromatic N) is 1. The van der Waals surface area contributed by atoms with Gasteiger partial charge in [0.25, 0.3) is 0 Å². The number of nitrogens with two attached hydrogens (primary N) is 1. The second-order valence-corrected chi connectivity index (χ2v) is 7.64. The predicted octanol–water partition coefficient (Wildman–Crippen LogP) is 3.51. The Morgan fingerprint density at radius 3 is 2.28 bits per heavy atom. The average Bonchev–Trinajstić information content (AvgIpc) is 2.54. The van der Waals surface area contributed by atoms with Crippen molar-refractivity contribution in [2.75, 3.05) is 26.2 Å². The second-order valence-electron chi connectivity index (χ2n) is 7.64. The first-order chi connectivity index (χ1) is 8.30. The summed E-state index contributed by atoms with van der Waals surface area (Å²) >= 11 is 0. The highest BCUT2D eigenvalue weighted by molar-refractivity contribution is 4.83. The fourth-order valence-corrected chi connectivity index (χ4v) is 3.04. The molecule has 0 radical (unpaired) electrons. The molecule has 1 saturated heterocycles. The lowest BCUT2D eigenvalue weighted by atomic mass is 9.77. The van der Waals surface area contributed by atoms with E-state index in [0.717, 1.165) is 12.5 Å². The lowest BCUT2D eigenvalue weighted by molar-refractivity contribution is 0.159. The van der Waals surface area contributed by atoms with Crippen molar-refractivity contribution in [3.63, 3.8) is 0 Å². The molecule has 0 aromatic carbocycles. The van der Waals surface area contributed by atoms with Gasteiger partial charge in [0.1, 0.15) is 0 Å². The molecule has 0 saturated carbocycles. The zero-order valence-electron chi connectivity index (χ0n) is 13.3. The molecule has 0 aromatic rings. The first-order valence-corrected chi connectivity index (χ1v) is 7.73. The first kappa shape index (κ1) is 16.0. The fraction of sp³-hybridized carbons (Fsp3) is 1.00. The van der Waals surface area contributed by atoms with E-state index in [9.17, 15) is 0 Å². The van der Waals surface area contributed by atoms with Crippen molar-refractivity contribution in [1.82, 2.24) is 4.90 Å². The molecular weight excluding hydrogens is 220 g/mol. The van der Waals surface area contributed by atoms with Crippen LogP contribution in [0.1, 0.15) is 60.3 Å². The largest absolute Gasteiger partial charge is 0.330 e. The van der Waals surface area contributed by atoms with E-state index in [2.05, 4.69) is 39.5 Å². The summed E-state index contributed by atoms with van der Waals surface area (Å²) in [5.41, 5.74) is 6.72. The van der Waals surface area contributed by atoms with E-state index >= 15 is 0 Å². The van der Waals surface area contributed by atoms with Gasteiger partial charge in [-0.1, -0.05) is 34.6 Å². The van der Waals surface area contributed by atoms with Gasteiger partial charge in [-0.25, -0.2) is 0 Å². The van der Waals surface area contributed by atoms with Gasteiger partial charge in [0.2, 0.25) is 0 Å². The van der Waals surface area contributed by atoms with Crippen LogP contribution in [0.2, 0.25) is 0 Å². The number of hydrogen-bond donors (Lipinski definition) is 1. The fourth-order valence-electron chi connectivity index (χ4n) is 3.04. The van der Waals surface area contributed by atoms with Crippen LogP contribution in [0.5, 0.6) is 0 Å². The van der Waals surface area contributed by atoms with Crippen molar-refractivity contribution in [3.8, 4) is 0 Å². The van der Waals surface area contributed by atoms with Crippen molar-refractivity contribution >= 4 is 0 Å². The number of likely N-dealkylation sites (tertiary alicyclic amines) is 1. The molecule has 2 heteroatoms. The zero-order valence-corrected chi connectivity index (χ0v) is 13.3. The highest BCUT2D eigenvalue weighted by Gasteiger charge is 2.29. The Kier molecular flexibility index (Phi) is 5.67. The van der Waals surface area contributed by atoms with E-state index in [0.29, 0.717) is 10.8 Å². The molecule has 1 aliphatic heterocycles. The van der Waals surface area contributed by atoms with Gasteiger partial charge in [-0.2, -0.15) is 0 Å². The van der Waals surface area contributed by atoms with Gasteiger partial charge >= 0.3 is 0 Å². The minimum absolute atomic E-state index is 0.307. The number of rotatable bonds is 4. The van der Waals surface area contributed by atoms with E-state index in [4.69, 9.17) is 5.73 Å². The molecule has 1 aliphatic rings. The van der Waals surface area contributed by atoms with Crippen LogP contribution in [0, 0.1) is 16.7 Å². The summed E-state index contributed by atoms with van der Waals surface area (Å²) in [4.78, 5) is 2.65. The third kappa shape index (κ3) is 4.55. The van der Waals surface area contributed by atoms with Crippen molar-refractivity contribution < 1.29 is 0 Å². The molecule has 18 heavy (non-hydrogen) atoms. The second kappa shape index (κ2) is 6.38. The van der Waals surface area contributed by atoms with E-state index in [1.807, 2.05) is 0 Å². The Morgan fingerprint density at radius 1 is 1.11 bits per heavy atom. The third-order valence-corrected chi connectivity index (χ3v) is 5.00. The lowest BCUT2D eigenvalue weighted by Crippen LogP contribution is -2.41. The zero-order chi connectivity index (χ0) is 13.8. The third-order valence-electron chi connectivity index (χ3n) is 5.00. The van der Waals surface area contributed by atoms with Crippen molar-refractivity contribution in [3.05, 3.63) is 0 Å². The summed E-state index contributed by atoms with van der Waals surface area (Å²) in [6, 6.07) is 0. The van der Waals surface area contributed by atoms with Gasteiger partial charge in [-0.05, 0) is 62.1 Å². The van der Waals surface area contributed by atoms with Crippen molar-refractivity contribution in [2.24, 2.45) is 22.5 Å². The smallest absolute Gasteiger partial charge is 0.00473 e. The summed E-state index contributed by atoms with van der Waals surface area (Å²) in [6.45, 7) is 16.3. The topological polar surface area (TPSA) is 29.3 Å². The molecule has 0 aliphatic carbocycles. The first-order valence-electron chi connectivity index (χ1n) is 7.73. The molecule has 2 N–H and O–H groups in total. The van der Waals surface area contributed by atoms with Crippen LogP contribution in [-0.2, 0) is 0 Å². The molecule has 2 unspecified atom stereocenters. The maximum Gasteiger partial charge on any atom is 0.00473 e. The molecule has 2 atom stereocenters. The van der Waals surface area contributed by atoms with Crippen LogP contribution in [0.4, 0.5) is 0 Å². The summed E-state index contributed by atoms with van der Waals surface area (Å²) in [5.74, 6) is 0.883. The quantitative estimate of drug-likeness (QED) is 0.832. The van der Waals surface area contributed by atoms with Gasteiger partial charge in [0, 0.05) is 6.54 Å². The molecule has 108 valence electrons. The lowest BCUT2D eigenvalue weighted by Gasteiger charge is -2.34. The molecule has 1 fully saturated rings. The van der Waals surface area contributed by atoms with Crippen LogP contribution in [0.3, 0.4) is 0 Å². The van der Waals surface area contributed by atoms with E-state index < -0.39 is 0 Å². The predicted molar refractivity (Wildman–Crippen MR) is 80.7 cm³/mol. The Hall–Kier alpha value is -0.0800. The standard InChI is InChI=1S/C16H34N2/c1-6-16(5,12-17)13-18-10-7-8-14(9-11-18)15(2,3)4/h14H,6-13,17H2,1-5H3. The van der Waals surface area contributed by atoms with E-state index in [1.165, 1.54) is 45.3 Å². The van der Waals surface area contributed by atoms with Gasteiger partial charge in [-0.3, -0.25) is 0 Å². The Morgan fingerprint density at radius 2 is 1.78 bits per heavy atom. The molecule has 0 amide bonds. The SMILES string of the molecule is CCC(C)(CN)CN1CCCC(C(C)(C)C)CC1. The molecule has 1 heterocycles. The van der Waals surface area contributed by atoms with Crippen LogP contribution in [0.15, 0.2) is 0 Å². The summed E-state index contributed by atoms with van der Waals surface area (Å²) in [5, 5.41) is 0. The Labute approximate surface area is 114 Å². The Balaban J connectivity index is 2.52.